The molecule has 0 aliphatic rings. The van der Waals surface area contributed by atoms with Crippen LogP contribution in [0.2, 0.25) is 0 Å². The summed E-state index contributed by atoms with van der Waals surface area (Å²) in [6.07, 6.45) is 0. The third kappa shape index (κ3) is 4.26. The average molecular weight is 235 g/mol. The van der Waals surface area contributed by atoms with Crippen molar-refractivity contribution in [3.8, 4) is 0 Å². The molecule has 1 amide bonds. The van der Waals surface area contributed by atoms with Gasteiger partial charge < -0.3 is 10.1 Å². The van der Waals surface area contributed by atoms with E-state index in [0.717, 1.165) is 5.56 Å². The van der Waals surface area contributed by atoms with E-state index in [-0.39, 0.29) is 18.6 Å². The molecule has 0 aliphatic carbocycles. The zero-order valence-corrected chi connectivity index (χ0v) is 10.3. The number of nitrogens with one attached hydrogen (secondary N) is 1. The smallest absolute Gasteiger partial charge is 0.338 e. The number of hydrogen-bond acceptors (Lipinski definition) is 3. The van der Waals surface area contributed by atoms with E-state index in [1.165, 1.54) is 0 Å². The maximum atomic E-state index is 11.7. The maximum Gasteiger partial charge on any atom is 0.338 e. The molecule has 1 rings (SSSR count). The molecule has 0 radical (unpaired) electrons. The molecule has 0 aliphatic heterocycles. The normalized spacial score (nSPS) is 10.1. The molecule has 0 atom stereocenters. The number of rotatable bonds is 4. The first-order valence-corrected chi connectivity index (χ1v) is 5.53. The SMILES string of the molecule is Cc1ccccc1C(=O)OCC(=O)NC(C)C. The van der Waals surface area contributed by atoms with Gasteiger partial charge >= 0.3 is 5.97 Å². The van der Waals surface area contributed by atoms with E-state index in [4.69, 9.17) is 4.74 Å². The molecule has 0 fully saturated rings. The minimum absolute atomic E-state index is 0.0414. The summed E-state index contributed by atoms with van der Waals surface area (Å²) in [5, 5.41) is 2.65. The monoisotopic (exact) mass is 235 g/mol. The lowest BCUT2D eigenvalue weighted by Gasteiger charge is -2.09. The first-order chi connectivity index (χ1) is 8.00. The lowest BCUT2D eigenvalue weighted by Crippen LogP contribution is -2.34. The van der Waals surface area contributed by atoms with E-state index in [2.05, 4.69) is 5.32 Å². The van der Waals surface area contributed by atoms with Crippen molar-refractivity contribution in [3.05, 3.63) is 35.4 Å². The minimum Gasteiger partial charge on any atom is -0.452 e. The van der Waals surface area contributed by atoms with E-state index in [1.807, 2.05) is 32.9 Å². The molecule has 92 valence electrons. The molecule has 0 heterocycles. The highest BCUT2D eigenvalue weighted by atomic mass is 16.5. The molecule has 4 nitrogen and oxygen atoms in total. The Morgan fingerprint density at radius 1 is 1.29 bits per heavy atom. The summed E-state index contributed by atoms with van der Waals surface area (Å²) in [6.45, 7) is 5.28. The van der Waals surface area contributed by atoms with Gasteiger partial charge in [0.15, 0.2) is 6.61 Å². The number of aryl methyl sites for hydroxylation is 1. The van der Waals surface area contributed by atoms with Gasteiger partial charge in [0.25, 0.3) is 5.91 Å². The van der Waals surface area contributed by atoms with Gasteiger partial charge in [-0.15, -0.1) is 0 Å². The molecule has 0 aromatic heterocycles. The number of carbonyl (C=O) groups excluding carboxylic acids is 2. The minimum atomic E-state index is -0.470. The lowest BCUT2D eigenvalue weighted by molar-refractivity contribution is -0.124. The molecule has 4 heteroatoms. The fraction of sp³-hybridized carbons (Fsp3) is 0.385. The van der Waals surface area contributed by atoms with Crippen LogP contribution < -0.4 is 5.32 Å². The van der Waals surface area contributed by atoms with Crippen molar-refractivity contribution in [1.29, 1.82) is 0 Å². The highest BCUT2D eigenvalue weighted by molar-refractivity contribution is 5.92. The zero-order chi connectivity index (χ0) is 12.8. The summed E-state index contributed by atoms with van der Waals surface area (Å²) in [7, 11) is 0. The molecule has 0 bridgehead atoms. The fourth-order valence-electron chi connectivity index (χ4n) is 1.37. The van der Waals surface area contributed by atoms with Gasteiger partial charge in [-0.2, -0.15) is 0 Å². The van der Waals surface area contributed by atoms with Crippen molar-refractivity contribution in [2.75, 3.05) is 6.61 Å². The molecular weight excluding hydrogens is 218 g/mol. The molecule has 17 heavy (non-hydrogen) atoms. The molecule has 1 aromatic carbocycles. The van der Waals surface area contributed by atoms with Crippen molar-refractivity contribution < 1.29 is 14.3 Å². The van der Waals surface area contributed by atoms with Crippen LogP contribution in [-0.4, -0.2) is 24.5 Å². The fourth-order valence-corrected chi connectivity index (χ4v) is 1.37. The van der Waals surface area contributed by atoms with Crippen molar-refractivity contribution in [2.24, 2.45) is 0 Å². The predicted octanol–water partition coefficient (Wildman–Crippen LogP) is 1.68. The molecule has 0 spiro atoms. The van der Waals surface area contributed by atoms with Crippen molar-refractivity contribution >= 4 is 11.9 Å². The largest absolute Gasteiger partial charge is 0.452 e. The third-order valence-electron chi connectivity index (χ3n) is 2.15. The average Bonchev–Trinajstić information content (AvgIpc) is 2.25. The second kappa shape index (κ2) is 6.03. The summed E-state index contributed by atoms with van der Waals surface area (Å²) in [5.74, 6) is -0.760. The standard InChI is InChI=1S/C13H17NO3/c1-9(2)14-12(15)8-17-13(16)11-7-5-4-6-10(11)3/h4-7,9H,8H2,1-3H3,(H,14,15). The van der Waals surface area contributed by atoms with Gasteiger partial charge in [0.05, 0.1) is 5.56 Å². The molecule has 0 unspecified atom stereocenters. The van der Waals surface area contributed by atoms with Crippen LogP contribution in [0.25, 0.3) is 0 Å². The third-order valence-corrected chi connectivity index (χ3v) is 2.15. The summed E-state index contributed by atoms with van der Waals surface area (Å²) < 4.78 is 4.92. The van der Waals surface area contributed by atoms with Crippen molar-refractivity contribution in [3.63, 3.8) is 0 Å². The van der Waals surface area contributed by atoms with Crippen LogP contribution in [0.4, 0.5) is 0 Å². The Morgan fingerprint density at radius 3 is 2.53 bits per heavy atom. The number of benzene rings is 1. The number of hydrogen-bond donors (Lipinski definition) is 1. The summed E-state index contributed by atoms with van der Waals surface area (Å²) in [6, 6.07) is 7.15. The van der Waals surface area contributed by atoms with Gasteiger partial charge in [0, 0.05) is 6.04 Å². The van der Waals surface area contributed by atoms with Gasteiger partial charge in [0.2, 0.25) is 0 Å². The summed E-state index contributed by atoms with van der Waals surface area (Å²) in [4.78, 5) is 22.9. The van der Waals surface area contributed by atoms with Crippen LogP contribution in [0.15, 0.2) is 24.3 Å². The Hall–Kier alpha value is -1.84. The lowest BCUT2D eigenvalue weighted by atomic mass is 10.1. The number of ether oxygens (including phenoxy) is 1. The van der Waals surface area contributed by atoms with Gasteiger partial charge in [-0.1, -0.05) is 18.2 Å². The van der Waals surface area contributed by atoms with Gasteiger partial charge in [-0.3, -0.25) is 4.79 Å². The van der Waals surface area contributed by atoms with Crippen molar-refractivity contribution in [2.45, 2.75) is 26.8 Å². The second-order valence-electron chi connectivity index (χ2n) is 4.11. The van der Waals surface area contributed by atoms with E-state index in [9.17, 15) is 9.59 Å². The Bertz CT molecular complexity index is 413. The zero-order valence-electron chi connectivity index (χ0n) is 10.3. The van der Waals surface area contributed by atoms with Crippen LogP contribution in [-0.2, 0) is 9.53 Å². The molecular formula is C13H17NO3. The summed E-state index contributed by atoms with van der Waals surface area (Å²) >= 11 is 0. The second-order valence-corrected chi connectivity index (χ2v) is 4.11. The van der Waals surface area contributed by atoms with Gasteiger partial charge in [-0.05, 0) is 32.4 Å². The topological polar surface area (TPSA) is 55.4 Å². The van der Waals surface area contributed by atoms with Crippen LogP contribution in [0, 0.1) is 6.92 Å². The van der Waals surface area contributed by atoms with E-state index >= 15 is 0 Å². The van der Waals surface area contributed by atoms with Crippen LogP contribution in [0.5, 0.6) is 0 Å². The predicted molar refractivity (Wildman–Crippen MR) is 64.7 cm³/mol. The van der Waals surface area contributed by atoms with Crippen LogP contribution in [0.1, 0.15) is 29.8 Å². The number of amides is 1. The number of carbonyl (C=O) groups is 2. The highest BCUT2D eigenvalue weighted by Crippen LogP contribution is 2.08. The first kappa shape index (κ1) is 13.2. The maximum absolute atomic E-state index is 11.7. The van der Waals surface area contributed by atoms with Gasteiger partial charge in [-0.25, -0.2) is 4.79 Å². The quantitative estimate of drug-likeness (QED) is 0.808. The Labute approximate surface area is 101 Å². The van der Waals surface area contributed by atoms with Gasteiger partial charge in [0.1, 0.15) is 0 Å². The molecule has 1 N–H and O–H groups in total. The first-order valence-electron chi connectivity index (χ1n) is 5.53. The van der Waals surface area contributed by atoms with E-state index < -0.39 is 5.97 Å². The Kier molecular flexibility index (Phi) is 4.69. The highest BCUT2D eigenvalue weighted by Gasteiger charge is 2.12. The molecule has 0 saturated heterocycles. The number of esters is 1. The molecule has 1 aromatic rings. The van der Waals surface area contributed by atoms with Crippen LogP contribution >= 0.6 is 0 Å². The summed E-state index contributed by atoms with van der Waals surface area (Å²) in [5.41, 5.74) is 1.33. The van der Waals surface area contributed by atoms with E-state index in [0.29, 0.717) is 5.56 Å². The van der Waals surface area contributed by atoms with Crippen molar-refractivity contribution in [1.82, 2.24) is 5.32 Å². The molecule has 0 saturated carbocycles. The Morgan fingerprint density at radius 2 is 1.94 bits per heavy atom. The van der Waals surface area contributed by atoms with E-state index in [1.54, 1.807) is 12.1 Å². The van der Waals surface area contributed by atoms with Crippen LogP contribution in [0.3, 0.4) is 0 Å². The Balaban J connectivity index is 2.51.